The first-order valence-corrected chi connectivity index (χ1v) is 15.0. The number of thiazole rings is 1. The lowest BCUT2D eigenvalue weighted by Gasteiger charge is -2.25. The quantitative estimate of drug-likeness (QED) is 0.195. The molecule has 5 rings (SSSR count). The zero-order valence-corrected chi connectivity index (χ0v) is 23.4. The summed E-state index contributed by atoms with van der Waals surface area (Å²) in [6.07, 6.45) is 4.38. The number of benzene rings is 3. The predicted octanol–water partition coefficient (Wildman–Crippen LogP) is 6.22. The molecule has 0 bridgehead atoms. The van der Waals surface area contributed by atoms with Gasteiger partial charge in [0.2, 0.25) is 15.2 Å². The number of rotatable bonds is 6. The maximum absolute atomic E-state index is 13.6. The molecule has 1 saturated heterocycles. The molecule has 0 N–H and O–H groups in total. The van der Waals surface area contributed by atoms with Gasteiger partial charge in [-0.15, -0.1) is 0 Å². The van der Waals surface area contributed by atoms with E-state index in [0.717, 1.165) is 45.1 Å². The third kappa shape index (κ3) is 5.67. The number of amides is 1. The molecule has 1 aliphatic heterocycles. The van der Waals surface area contributed by atoms with E-state index in [1.165, 1.54) is 32.8 Å². The Balaban J connectivity index is 1.47. The molecule has 0 atom stereocenters. The topological polar surface area (TPSA) is 82.9 Å². The van der Waals surface area contributed by atoms with Crippen molar-refractivity contribution in [1.82, 2.24) is 9.29 Å². The minimum Gasteiger partial charge on any atom is -0.267 e. The van der Waals surface area contributed by atoms with Crippen LogP contribution < -0.4 is 5.01 Å². The van der Waals surface area contributed by atoms with Gasteiger partial charge in [-0.25, -0.2) is 13.4 Å². The van der Waals surface area contributed by atoms with Crippen molar-refractivity contribution in [2.75, 3.05) is 18.1 Å². The standard InChI is InChI=1S/C27H25BrN4O3S2/c1-19-5-14-24-25(17-19)36-27(30-24)32(29-18-20-6-10-22(28)11-7-20)26(33)21-8-12-23(13-9-21)37(34,35)31-15-3-2-4-16-31/h5-14,17-18H,2-4,15-16H2,1H3/b29-18+. The van der Waals surface area contributed by atoms with E-state index < -0.39 is 15.9 Å². The van der Waals surface area contributed by atoms with E-state index in [2.05, 4.69) is 26.0 Å². The fourth-order valence-corrected chi connectivity index (χ4v) is 6.92. The van der Waals surface area contributed by atoms with Gasteiger partial charge in [-0.2, -0.15) is 14.4 Å². The van der Waals surface area contributed by atoms with Crippen LogP contribution in [0.3, 0.4) is 0 Å². The fourth-order valence-electron chi connectivity index (χ4n) is 4.12. The molecule has 0 unspecified atom stereocenters. The summed E-state index contributed by atoms with van der Waals surface area (Å²) in [6.45, 7) is 3.06. The van der Waals surface area contributed by atoms with E-state index in [9.17, 15) is 13.2 Å². The van der Waals surface area contributed by atoms with E-state index in [-0.39, 0.29) is 4.90 Å². The van der Waals surface area contributed by atoms with Gasteiger partial charge < -0.3 is 0 Å². The Bertz CT molecular complexity index is 1560. The van der Waals surface area contributed by atoms with Crippen molar-refractivity contribution in [3.8, 4) is 0 Å². The van der Waals surface area contributed by atoms with Crippen molar-refractivity contribution in [2.24, 2.45) is 5.10 Å². The van der Waals surface area contributed by atoms with E-state index in [1.807, 2.05) is 49.4 Å². The number of carbonyl (C=O) groups excluding carboxylic acids is 1. The van der Waals surface area contributed by atoms with Crippen LogP contribution in [0, 0.1) is 6.92 Å². The van der Waals surface area contributed by atoms with Crippen LogP contribution in [0.2, 0.25) is 0 Å². The van der Waals surface area contributed by atoms with Crippen molar-refractivity contribution >= 4 is 64.8 Å². The van der Waals surface area contributed by atoms with Crippen LogP contribution in [-0.4, -0.2) is 42.9 Å². The Labute approximate surface area is 228 Å². The van der Waals surface area contributed by atoms with Crippen LogP contribution in [0.25, 0.3) is 10.2 Å². The molecule has 1 fully saturated rings. The van der Waals surface area contributed by atoms with E-state index in [1.54, 1.807) is 18.3 Å². The minimum atomic E-state index is -3.58. The van der Waals surface area contributed by atoms with Gasteiger partial charge in [0, 0.05) is 23.1 Å². The average Bonchev–Trinajstić information content (AvgIpc) is 3.33. The van der Waals surface area contributed by atoms with Crippen molar-refractivity contribution in [2.45, 2.75) is 31.1 Å². The first kappa shape index (κ1) is 25.7. The van der Waals surface area contributed by atoms with E-state index in [4.69, 9.17) is 0 Å². The number of aryl methyl sites for hydroxylation is 1. The molecule has 4 aromatic rings. The second-order valence-electron chi connectivity index (χ2n) is 8.87. The van der Waals surface area contributed by atoms with Gasteiger partial charge in [0.05, 0.1) is 21.3 Å². The molecule has 37 heavy (non-hydrogen) atoms. The first-order chi connectivity index (χ1) is 17.8. The molecule has 0 radical (unpaired) electrons. The highest BCUT2D eigenvalue weighted by Crippen LogP contribution is 2.31. The summed E-state index contributed by atoms with van der Waals surface area (Å²) in [7, 11) is -3.58. The normalized spacial score (nSPS) is 14.9. The number of anilines is 1. The Morgan fingerprint density at radius 2 is 1.73 bits per heavy atom. The zero-order chi connectivity index (χ0) is 26.0. The molecule has 0 spiro atoms. The predicted molar refractivity (Wildman–Crippen MR) is 152 cm³/mol. The number of fused-ring (bicyclic) bond motifs is 1. The van der Waals surface area contributed by atoms with Crippen LogP contribution in [-0.2, 0) is 10.0 Å². The zero-order valence-electron chi connectivity index (χ0n) is 20.2. The molecular weight excluding hydrogens is 572 g/mol. The van der Waals surface area contributed by atoms with Gasteiger partial charge in [-0.3, -0.25) is 4.79 Å². The van der Waals surface area contributed by atoms with Gasteiger partial charge in [0.1, 0.15) is 0 Å². The van der Waals surface area contributed by atoms with Gasteiger partial charge in [0.25, 0.3) is 5.91 Å². The van der Waals surface area contributed by atoms with Crippen LogP contribution in [0.15, 0.2) is 81.2 Å². The van der Waals surface area contributed by atoms with Crippen molar-refractivity contribution < 1.29 is 13.2 Å². The molecule has 0 saturated carbocycles. The number of halogens is 1. The lowest BCUT2D eigenvalue weighted by atomic mass is 10.2. The van der Waals surface area contributed by atoms with Gasteiger partial charge in [-0.05, 0) is 79.4 Å². The third-order valence-electron chi connectivity index (χ3n) is 6.15. The van der Waals surface area contributed by atoms with E-state index >= 15 is 0 Å². The minimum absolute atomic E-state index is 0.186. The summed E-state index contributed by atoms with van der Waals surface area (Å²) >= 11 is 4.80. The molecule has 190 valence electrons. The summed E-state index contributed by atoms with van der Waals surface area (Å²) in [5, 5.41) is 6.21. The largest absolute Gasteiger partial charge is 0.280 e. The fraction of sp³-hybridized carbons (Fsp3) is 0.222. The summed E-state index contributed by atoms with van der Waals surface area (Å²) in [6, 6.07) is 19.6. The molecule has 0 aliphatic carbocycles. The number of aromatic nitrogens is 1. The van der Waals surface area contributed by atoms with Crippen LogP contribution in [0.4, 0.5) is 5.13 Å². The van der Waals surface area contributed by atoms with Crippen LogP contribution >= 0.6 is 27.3 Å². The van der Waals surface area contributed by atoms with Crippen molar-refractivity contribution in [3.63, 3.8) is 0 Å². The number of hydrogen-bond acceptors (Lipinski definition) is 6. The molecule has 10 heteroatoms. The number of hydrogen-bond donors (Lipinski definition) is 0. The second kappa shape index (κ2) is 10.8. The Morgan fingerprint density at radius 1 is 1.03 bits per heavy atom. The monoisotopic (exact) mass is 596 g/mol. The average molecular weight is 598 g/mol. The van der Waals surface area contributed by atoms with Crippen molar-refractivity contribution in [3.05, 3.63) is 87.9 Å². The number of sulfonamides is 1. The number of nitrogens with zero attached hydrogens (tertiary/aromatic N) is 4. The summed E-state index contributed by atoms with van der Waals surface area (Å²) in [4.78, 5) is 18.5. The Kier molecular flexibility index (Phi) is 7.52. The van der Waals surface area contributed by atoms with E-state index in [0.29, 0.717) is 23.8 Å². The summed E-state index contributed by atoms with van der Waals surface area (Å²) in [5.41, 5.74) is 3.02. The van der Waals surface area contributed by atoms with Crippen LogP contribution in [0.1, 0.15) is 40.7 Å². The second-order valence-corrected chi connectivity index (χ2v) is 12.7. The molecule has 7 nitrogen and oxygen atoms in total. The highest BCUT2D eigenvalue weighted by Gasteiger charge is 2.27. The SMILES string of the molecule is Cc1ccc2nc(N(/N=C/c3ccc(Br)cc3)C(=O)c3ccc(S(=O)(=O)N4CCCCC4)cc3)sc2c1. The molecule has 1 amide bonds. The molecule has 3 aromatic carbocycles. The number of hydrazone groups is 1. The van der Waals surface area contributed by atoms with Gasteiger partial charge in [0.15, 0.2) is 0 Å². The lowest BCUT2D eigenvalue weighted by molar-refractivity contribution is 0.0987. The summed E-state index contributed by atoms with van der Waals surface area (Å²) < 4.78 is 29.5. The first-order valence-electron chi connectivity index (χ1n) is 11.9. The van der Waals surface area contributed by atoms with Gasteiger partial charge in [-0.1, -0.05) is 51.9 Å². The molecule has 2 heterocycles. The summed E-state index contributed by atoms with van der Waals surface area (Å²) in [5.74, 6) is -0.397. The number of piperidine rings is 1. The van der Waals surface area contributed by atoms with Crippen LogP contribution in [0.5, 0.6) is 0 Å². The smallest absolute Gasteiger partial charge is 0.267 e. The molecule has 1 aromatic heterocycles. The number of carbonyl (C=O) groups is 1. The third-order valence-corrected chi connectivity index (χ3v) is 9.59. The highest BCUT2D eigenvalue weighted by molar-refractivity contribution is 9.10. The molecule has 1 aliphatic rings. The Morgan fingerprint density at radius 3 is 2.43 bits per heavy atom. The maximum atomic E-state index is 13.6. The highest BCUT2D eigenvalue weighted by atomic mass is 79.9. The Hall–Kier alpha value is -2.92. The van der Waals surface area contributed by atoms with Crippen molar-refractivity contribution in [1.29, 1.82) is 0 Å². The lowest BCUT2D eigenvalue weighted by Crippen LogP contribution is -2.35. The van der Waals surface area contributed by atoms with Gasteiger partial charge >= 0.3 is 0 Å². The maximum Gasteiger partial charge on any atom is 0.280 e. The molecular formula is C27H25BrN4O3S2.